The molecule has 0 spiro atoms. The Morgan fingerprint density at radius 1 is 1.19 bits per heavy atom. The van der Waals surface area contributed by atoms with Gasteiger partial charge in [-0.3, -0.25) is 10.1 Å². The highest BCUT2D eigenvalue weighted by Crippen LogP contribution is 2.26. The van der Waals surface area contributed by atoms with E-state index in [0.29, 0.717) is 15.5 Å². The van der Waals surface area contributed by atoms with Crippen LogP contribution in [0.3, 0.4) is 0 Å². The van der Waals surface area contributed by atoms with Crippen LogP contribution >= 0.6 is 35.2 Å². The highest BCUT2D eigenvalue weighted by atomic mass is 35.5. The average molecular weight is 415 g/mol. The van der Waals surface area contributed by atoms with E-state index in [0.717, 1.165) is 16.3 Å². The predicted octanol–water partition coefficient (Wildman–Crippen LogP) is 3.63. The second-order valence-electron chi connectivity index (χ2n) is 5.43. The molecule has 134 valence electrons. The average Bonchev–Trinajstić information content (AvgIpc) is 3.24. The van der Waals surface area contributed by atoms with E-state index in [1.165, 1.54) is 11.3 Å². The molecule has 4 rings (SSSR count). The molecule has 27 heavy (non-hydrogen) atoms. The summed E-state index contributed by atoms with van der Waals surface area (Å²) in [7, 11) is 0. The van der Waals surface area contributed by atoms with Crippen LogP contribution in [-0.4, -0.2) is 30.8 Å². The molecule has 0 bridgehead atoms. The smallest absolute Gasteiger partial charge is 0.258 e. The van der Waals surface area contributed by atoms with Crippen molar-refractivity contribution in [1.29, 1.82) is 0 Å². The molecular formula is C17H11ClN6OS2. The summed E-state index contributed by atoms with van der Waals surface area (Å²) in [5.41, 5.74) is 1.98. The Labute approximate surface area is 168 Å². The molecule has 2 N–H and O–H groups in total. The van der Waals surface area contributed by atoms with Crippen molar-refractivity contribution in [2.75, 3.05) is 5.32 Å². The van der Waals surface area contributed by atoms with E-state index < -0.39 is 0 Å². The first-order chi connectivity index (χ1) is 13.1. The van der Waals surface area contributed by atoms with Gasteiger partial charge in [-0.2, -0.15) is 9.61 Å². The predicted molar refractivity (Wildman–Crippen MR) is 109 cm³/mol. The Morgan fingerprint density at radius 3 is 2.85 bits per heavy atom. The van der Waals surface area contributed by atoms with Gasteiger partial charge in [-0.15, -0.1) is 10.2 Å². The fraction of sp³-hybridized carbons (Fsp3) is 0. The number of amides is 1. The number of rotatable bonds is 3. The van der Waals surface area contributed by atoms with E-state index in [1.807, 2.05) is 24.3 Å². The van der Waals surface area contributed by atoms with E-state index in [9.17, 15) is 4.79 Å². The van der Waals surface area contributed by atoms with Crippen LogP contribution in [-0.2, 0) is 0 Å². The number of nitrogens with one attached hydrogen (secondary N) is 2. The summed E-state index contributed by atoms with van der Waals surface area (Å²) in [4.78, 5) is 13.0. The summed E-state index contributed by atoms with van der Waals surface area (Å²) in [6.07, 6.45) is 1.55. The fourth-order valence-electron chi connectivity index (χ4n) is 2.38. The molecule has 0 fully saturated rings. The Morgan fingerprint density at radius 2 is 2.04 bits per heavy atom. The molecule has 2 heterocycles. The number of hydrogen-bond acceptors (Lipinski definition) is 6. The van der Waals surface area contributed by atoms with Crippen LogP contribution in [0.5, 0.6) is 0 Å². The first-order valence-corrected chi connectivity index (χ1v) is 9.34. The summed E-state index contributed by atoms with van der Waals surface area (Å²) in [6, 6.07) is 14.3. The maximum atomic E-state index is 12.3. The Balaban J connectivity index is 1.48. The first-order valence-electron chi connectivity index (χ1n) is 7.74. The fourth-order valence-corrected chi connectivity index (χ4v) is 3.63. The number of carbonyl (C=O) groups excluding carboxylic acids is 1. The molecule has 0 radical (unpaired) electrons. The van der Waals surface area contributed by atoms with Gasteiger partial charge in [0.25, 0.3) is 5.91 Å². The SMILES string of the molecule is O=C(NC(=S)Nc1cccc(-c2nn3cnnc3s2)c1)c1ccccc1Cl. The largest absolute Gasteiger partial charge is 0.332 e. The van der Waals surface area contributed by atoms with Crippen molar-refractivity contribution in [1.82, 2.24) is 25.1 Å². The number of anilines is 1. The highest BCUT2D eigenvalue weighted by Gasteiger charge is 2.12. The molecule has 0 aliphatic carbocycles. The van der Waals surface area contributed by atoms with Gasteiger partial charge in [0.05, 0.1) is 10.6 Å². The van der Waals surface area contributed by atoms with Crippen LogP contribution in [0.2, 0.25) is 5.02 Å². The van der Waals surface area contributed by atoms with Crippen LogP contribution in [0.4, 0.5) is 5.69 Å². The van der Waals surface area contributed by atoms with Crippen molar-refractivity contribution >= 4 is 56.8 Å². The molecule has 2 aromatic carbocycles. The topological polar surface area (TPSA) is 84.2 Å². The van der Waals surface area contributed by atoms with Gasteiger partial charge in [-0.1, -0.05) is 47.2 Å². The number of benzene rings is 2. The second kappa shape index (κ2) is 7.39. The lowest BCUT2D eigenvalue weighted by molar-refractivity contribution is 0.0978. The van der Waals surface area contributed by atoms with Crippen molar-refractivity contribution in [3.63, 3.8) is 0 Å². The van der Waals surface area contributed by atoms with E-state index in [-0.39, 0.29) is 11.0 Å². The van der Waals surface area contributed by atoms with E-state index >= 15 is 0 Å². The number of carbonyl (C=O) groups is 1. The molecule has 0 saturated carbocycles. The highest BCUT2D eigenvalue weighted by molar-refractivity contribution is 7.80. The molecule has 4 aromatic rings. The van der Waals surface area contributed by atoms with Gasteiger partial charge in [0.1, 0.15) is 11.3 Å². The van der Waals surface area contributed by atoms with Gasteiger partial charge < -0.3 is 5.32 Å². The zero-order valence-corrected chi connectivity index (χ0v) is 16.0. The zero-order chi connectivity index (χ0) is 18.8. The Hall–Kier alpha value is -2.88. The zero-order valence-electron chi connectivity index (χ0n) is 13.6. The minimum absolute atomic E-state index is 0.176. The summed E-state index contributed by atoms with van der Waals surface area (Å²) in [5, 5.41) is 19.2. The van der Waals surface area contributed by atoms with Gasteiger partial charge in [-0.25, -0.2) is 0 Å². The maximum Gasteiger partial charge on any atom is 0.258 e. The van der Waals surface area contributed by atoms with Crippen LogP contribution in [0, 0.1) is 0 Å². The first kappa shape index (κ1) is 17.5. The lowest BCUT2D eigenvalue weighted by atomic mass is 10.2. The van der Waals surface area contributed by atoms with Crippen LogP contribution in [0.1, 0.15) is 10.4 Å². The molecule has 10 heteroatoms. The monoisotopic (exact) mass is 414 g/mol. The molecular weight excluding hydrogens is 404 g/mol. The third-order valence-electron chi connectivity index (χ3n) is 3.60. The number of aromatic nitrogens is 4. The molecule has 1 amide bonds. The summed E-state index contributed by atoms with van der Waals surface area (Å²) in [6.45, 7) is 0. The summed E-state index contributed by atoms with van der Waals surface area (Å²) < 4.78 is 1.62. The van der Waals surface area contributed by atoms with E-state index in [1.54, 1.807) is 35.1 Å². The summed E-state index contributed by atoms with van der Waals surface area (Å²) in [5.74, 6) is -0.372. The molecule has 0 aliphatic heterocycles. The molecule has 0 unspecified atom stereocenters. The van der Waals surface area contributed by atoms with Crippen molar-refractivity contribution < 1.29 is 4.79 Å². The summed E-state index contributed by atoms with van der Waals surface area (Å²) >= 11 is 12.7. The van der Waals surface area contributed by atoms with Gasteiger partial charge in [0.2, 0.25) is 4.96 Å². The number of hydrogen-bond donors (Lipinski definition) is 2. The van der Waals surface area contributed by atoms with Crippen molar-refractivity contribution in [2.45, 2.75) is 0 Å². The normalized spacial score (nSPS) is 10.7. The third kappa shape index (κ3) is 3.80. The molecule has 0 aliphatic rings. The molecule has 0 saturated heterocycles. The molecule has 0 atom stereocenters. The maximum absolute atomic E-state index is 12.3. The van der Waals surface area contributed by atoms with Gasteiger partial charge in [-0.05, 0) is 36.5 Å². The van der Waals surface area contributed by atoms with E-state index in [2.05, 4.69) is 25.9 Å². The van der Waals surface area contributed by atoms with Crippen LogP contribution in [0.15, 0.2) is 54.9 Å². The number of fused-ring (bicyclic) bond motifs is 1. The Kier molecular flexibility index (Phi) is 4.80. The Bertz CT molecular complexity index is 1130. The van der Waals surface area contributed by atoms with Gasteiger partial charge >= 0.3 is 0 Å². The van der Waals surface area contributed by atoms with Crippen LogP contribution in [0.25, 0.3) is 15.5 Å². The number of halogens is 1. The third-order valence-corrected chi connectivity index (χ3v) is 5.10. The molecule has 2 aromatic heterocycles. The van der Waals surface area contributed by atoms with Crippen molar-refractivity contribution in [2.24, 2.45) is 0 Å². The lowest BCUT2D eigenvalue weighted by Crippen LogP contribution is -2.34. The van der Waals surface area contributed by atoms with E-state index in [4.69, 9.17) is 23.8 Å². The number of thiocarbonyl (C=S) groups is 1. The lowest BCUT2D eigenvalue weighted by Gasteiger charge is -2.11. The minimum Gasteiger partial charge on any atom is -0.332 e. The second-order valence-corrected chi connectivity index (χ2v) is 7.21. The van der Waals surface area contributed by atoms with Crippen molar-refractivity contribution in [3.8, 4) is 10.6 Å². The van der Waals surface area contributed by atoms with Gasteiger partial charge in [0, 0.05) is 11.3 Å². The molecule has 7 nitrogen and oxygen atoms in total. The number of nitrogens with zero attached hydrogens (tertiary/aromatic N) is 4. The standard InChI is InChI=1S/C17H11ClN6OS2/c18-13-7-2-1-6-12(13)14(25)21-16(26)20-11-5-3-4-10(8-11)15-23-24-9-19-22-17(24)27-15/h1-9H,(H2,20,21,25,26). The minimum atomic E-state index is -0.372. The quantitative estimate of drug-likeness (QED) is 0.498. The van der Waals surface area contributed by atoms with Gasteiger partial charge in [0.15, 0.2) is 5.11 Å². The van der Waals surface area contributed by atoms with Crippen molar-refractivity contribution in [3.05, 3.63) is 65.4 Å². The van der Waals surface area contributed by atoms with Crippen LogP contribution < -0.4 is 10.6 Å².